The summed E-state index contributed by atoms with van der Waals surface area (Å²) < 4.78 is 68.1. The SMILES string of the molecule is CCCCCCCCCCCCCCCCCCCC(=O)O[C@H](COC(=O)CCCCCCCCCCCCCCCCCC)COP(=O)(O)OC[C@@H](O)COP(=O)(O)OC[C@@H](COC(=O)CCCCCCC)OC(=O)CCCCCCCCCCCCCC. The van der Waals surface area contributed by atoms with Crippen molar-refractivity contribution in [1.29, 1.82) is 0 Å². The van der Waals surface area contributed by atoms with Gasteiger partial charge in [-0.3, -0.25) is 37.3 Å². The molecule has 0 saturated heterocycles. The fourth-order valence-corrected chi connectivity index (χ4v) is 12.4. The predicted octanol–water partition coefficient (Wildman–Crippen LogP) is 20.7. The van der Waals surface area contributed by atoms with Gasteiger partial charge in [0.2, 0.25) is 0 Å². The highest BCUT2D eigenvalue weighted by Crippen LogP contribution is 2.45. The number of aliphatic hydroxyl groups excluding tert-OH is 1. The average molecular weight is 1330 g/mol. The number of hydrogen-bond donors (Lipinski definition) is 3. The number of carbonyl (C=O) groups is 4. The number of aliphatic hydroxyl groups is 1. The number of unbranched alkanes of at least 4 members (excludes halogenated alkanes) is 46. The molecule has 0 heterocycles. The summed E-state index contributed by atoms with van der Waals surface area (Å²) in [6.45, 7) is 4.87. The molecule has 2 unspecified atom stereocenters. The number of hydrogen-bond acceptors (Lipinski definition) is 15. The lowest BCUT2D eigenvalue weighted by atomic mass is 10.0. The monoisotopic (exact) mass is 1320 g/mol. The number of carbonyl (C=O) groups excluding carboxylic acids is 4. The van der Waals surface area contributed by atoms with Gasteiger partial charge in [0, 0.05) is 25.7 Å². The molecule has 0 aromatic carbocycles. The van der Waals surface area contributed by atoms with Gasteiger partial charge in [0.25, 0.3) is 0 Å². The molecular formula is C71H138O17P2. The second kappa shape index (κ2) is 65.7. The van der Waals surface area contributed by atoms with Crippen molar-refractivity contribution in [2.24, 2.45) is 0 Å². The summed E-state index contributed by atoms with van der Waals surface area (Å²) >= 11 is 0. The summed E-state index contributed by atoms with van der Waals surface area (Å²) in [4.78, 5) is 72.3. The van der Waals surface area contributed by atoms with Gasteiger partial charge in [0.05, 0.1) is 26.4 Å². The fraction of sp³-hybridized carbons (Fsp3) is 0.944. The molecule has 0 amide bonds. The Morgan fingerprint density at radius 2 is 0.444 bits per heavy atom. The van der Waals surface area contributed by atoms with Crippen LogP contribution in [-0.4, -0.2) is 96.7 Å². The van der Waals surface area contributed by atoms with Crippen LogP contribution >= 0.6 is 15.6 Å². The topological polar surface area (TPSA) is 237 Å². The predicted molar refractivity (Wildman–Crippen MR) is 363 cm³/mol. The normalized spacial score (nSPS) is 14.0. The molecule has 0 fully saturated rings. The van der Waals surface area contributed by atoms with Crippen LogP contribution in [0.2, 0.25) is 0 Å². The molecule has 0 aromatic heterocycles. The fourth-order valence-electron chi connectivity index (χ4n) is 10.9. The Morgan fingerprint density at radius 3 is 0.656 bits per heavy atom. The molecule has 0 aliphatic rings. The van der Waals surface area contributed by atoms with Crippen LogP contribution in [0.1, 0.15) is 374 Å². The number of phosphoric acid groups is 2. The minimum absolute atomic E-state index is 0.107. The number of esters is 4. The molecule has 19 heteroatoms. The van der Waals surface area contributed by atoms with E-state index >= 15 is 0 Å². The van der Waals surface area contributed by atoms with Gasteiger partial charge in [-0.15, -0.1) is 0 Å². The lowest BCUT2D eigenvalue weighted by molar-refractivity contribution is -0.161. The van der Waals surface area contributed by atoms with Gasteiger partial charge in [-0.05, 0) is 25.7 Å². The lowest BCUT2D eigenvalue weighted by Gasteiger charge is -2.21. The molecule has 90 heavy (non-hydrogen) atoms. The van der Waals surface area contributed by atoms with E-state index in [-0.39, 0.29) is 25.7 Å². The zero-order valence-corrected chi connectivity index (χ0v) is 59.9. The van der Waals surface area contributed by atoms with Crippen molar-refractivity contribution in [3.05, 3.63) is 0 Å². The molecule has 0 aromatic rings. The second-order valence-electron chi connectivity index (χ2n) is 25.6. The van der Waals surface area contributed by atoms with E-state index in [9.17, 15) is 43.2 Å². The number of ether oxygens (including phenoxy) is 4. The van der Waals surface area contributed by atoms with Gasteiger partial charge in [-0.1, -0.05) is 323 Å². The summed E-state index contributed by atoms with van der Waals surface area (Å²) in [6, 6.07) is 0. The van der Waals surface area contributed by atoms with Crippen molar-refractivity contribution in [3.63, 3.8) is 0 Å². The van der Waals surface area contributed by atoms with E-state index < -0.39 is 97.5 Å². The molecule has 3 N–H and O–H groups in total. The van der Waals surface area contributed by atoms with Gasteiger partial charge in [-0.25, -0.2) is 9.13 Å². The molecule has 534 valence electrons. The van der Waals surface area contributed by atoms with E-state index in [1.54, 1.807) is 0 Å². The summed E-state index contributed by atoms with van der Waals surface area (Å²) in [5.41, 5.74) is 0. The quantitative estimate of drug-likeness (QED) is 0.0222. The summed E-state index contributed by atoms with van der Waals surface area (Å²) in [6.07, 6.45) is 54.4. The van der Waals surface area contributed by atoms with E-state index in [4.69, 9.17) is 37.0 Å². The Morgan fingerprint density at radius 1 is 0.267 bits per heavy atom. The third-order valence-electron chi connectivity index (χ3n) is 16.6. The lowest BCUT2D eigenvalue weighted by Crippen LogP contribution is -2.30. The van der Waals surface area contributed by atoms with Crippen molar-refractivity contribution >= 4 is 39.5 Å². The Kier molecular flexibility index (Phi) is 64.3. The Labute approximate surface area is 549 Å². The number of phosphoric ester groups is 2. The van der Waals surface area contributed by atoms with E-state index in [2.05, 4.69) is 27.7 Å². The standard InChI is InChI=1S/C71H138O17P2/c1-5-9-13-17-20-23-26-29-31-33-35-37-40-43-46-50-54-58-71(76)88-67(62-82-69(74)56-52-48-44-41-39-36-34-32-30-27-24-21-18-14-10-6-2)64-86-90(79,80)84-60-65(72)59-83-89(77,78)85-63-66(61-81-68(73)55-51-47-16-12-8-4)87-70(75)57-53-49-45-42-38-28-25-22-19-15-11-7-3/h65-67,72H,5-64H2,1-4H3,(H,77,78)(H,79,80)/t65-,66+,67+/m0/s1. The molecule has 5 atom stereocenters. The van der Waals surface area contributed by atoms with Crippen LogP contribution in [0.3, 0.4) is 0 Å². The van der Waals surface area contributed by atoms with E-state index in [0.717, 1.165) is 96.3 Å². The maximum absolute atomic E-state index is 13.0. The molecule has 0 rings (SSSR count). The molecule has 0 aliphatic heterocycles. The largest absolute Gasteiger partial charge is 0.472 e. The Balaban J connectivity index is 5.15. The van der Waals surface area contributed by atoms with E-state index in [0.29, 0.717) is 25.7 Å². The molecule has 0 spiro atoms. The molecular weight excluding hydrogens is 1190 g/mol. The minimum atomic E-state index is -4.95. The van der Waals surface area contributed by atoms with Crippen molar-refractivity contribution in [2.75, 3.05) is 39.6 Å². The average Bonchev–Trinajstić information content (AvgIpc) is 3.67. The molecule has 0 radical (unpaired) electrons. The van der Waals surface area contributed by atoms with Crippen LogP contribution in [-0.2, 0) is 65.4 Å². The van der Waals surface area contributed by atoms with E-state index in [1.165, 1.54) is 199 Å². The van der Waals surface area contributed by atoms with Crippen molar-refractivity contribution in [2.45, 2.75) is 393 Å². The Hall–Kier alpha value is -1.94. The summed E-state index contributed by atoms with van der Waals surface area (Å²) in [5, 5.41) is 10.6. The highest BCUT2D eigenvalue weighted by molar-refractivity contribution is 7.47. The zero-order valence-electron chi connectivity index (χ0n) is 58.1. The second-order valence-corrected chi connectivity index (χ2v) is 28.5. The van der Waals surface area contributed by atoms with Crippen LogP contribution in [0, 0.1) is 0 Å². The smallest absolute Gasteiger partial charge is 0.462 e. The highest BCUT2D eigenvalue weighted by Gasteiger charge is 2.30. The van der Waals surface area contributed by atoms with E-state index in [1.807, 2.05) is 0 Å². The zero-order chi connectivity index (χ0) is 66.1. The van der Waals surface area contributed by atoms with Crippen LogP contribution in [0.4, 0.5) is 0 Å². The summed E-state index contributed by atoms with van der Waals surface area (Å²) in [7, 11) is -9.89. The van der Waals surface area contributed by atoms with Gasteiger partial charge < -0.3 is 33.8 Å². The molecule has 0 aliphatic carbocycles. The minimum Gasteiger partial charge on any atom is -0.462 e. The van der Waals surface area contributed by atoms with Gasteiger partial charge >= 0.3 is 39.5 Å². The Bertz CT molecular complexity index is 1720. The molecule has 17 nitrogen and oxygen atoms in total. The third kappa shape index (κ3) is 64.8. The van der Waals surface area contributed by atoms with Crippen LogP contribution < -0.4 is 0 Å². The highest BCUT2D eigenvalue weighted by atomic mass is 31.2. The first-order chi connectivity index (χ1) is 43.7. The van der Waals surface area contributed by atoms with Crippen molar-refractivity contribution in [3.8, 4) is 0 Å². The number of rotatable bonds is 72. The third-order valence-corrected chi connectivity index (χ3v) is 18.5. The van der Waals surface area contributed by atoms with Crippen molar-refractivity contribution < 1.29 is 80.2 Å². The maximum atomic E-state index is 13.0. The first kappa shape index (κ1) is 88.1. The first-order valence-electron chi connectivity index (χ1n) is 37.3. The first-order valence-corrected chi connectivity index (χ1v) is 40.3. The van der Waals surface area contributed by atoms with Crippen LogP contribution in [0.15, 0.2) is 0 Å². The van der Waals surface area contributed by atoms with Gasteiger partial charge in [0.1, 0.15) is 19.3 Å². The summed E-state index contributed by atoms with van der Waals surface area (Å²) in [5.74, 6) is -2.13. The van der Waals surface area contributed by atoms with Crippen LogP contribution in [0.25, 0.3) is 0 Å². The van der Waals surface area contributed by atoms with Gasteiger partial charge in [-0.2, -0.15) is 0 Å². The van der Waals surface area contributed by atoms with Gasteiger partial charge in [0.15, 0.2) is 12.2 Å². The maximum Gasteiger partial charge on any atom is 0.472 e. The van der Waals surface area contributed by atoms with Crippen molar-refractivity contribution in [1.82, 2.24) is 0 Å². The molecule has 0 saturated carbocycles. The van der Waals surface area contributed by atoms with Crippen LogP contribution in [0.5, 0.6) is 0 Å². The molecule has 0 bridgehead atoms.